The van der Waals surface area contributed by atoms with Gasteiger partial charge in [-0.1, -0.05) is 34.1 Å². The van der Waals surface area contributed by atoms with Crippen LogP contribution in [0.2, 0.25) is 0 Å². The second-order valence-corrected chi connectivity index (χ2v) is 5.29. The summed E-state index contributed by atoms with van der Waals surface area (Å²) < 4.78 is 1.05. The van der Waals surface area contributed by atoms with Crippen LogP contribution < -0.4 is 5.32 Å². The fourth-order valence-electron chi connectivity index (χ4n) is 2.12. The SMILES string of the molecule is CN(Cc1ccccc1Br)C(=O)[C@@H]1CCCN1. The molecule has 0 aliphatic carbocycles. The quantitative estimate of drug-likeness (QED) is 0.927. The molecular weight excluding hydrogens is 280 g/mol. The molecule has 0 radical (unpaired) electrons. The Kier molecular flexibility index (Phi) is 4.18. The normalized spacial score (nSPS) is 19.3. The highest BCUT2D eigenvalue weighted by atomic mass is 79.9. The summed E-state index contributed by atoms with van der Waals surface area (Å²) in [5.41, 5.74) is 1.14. The zero-order valence-electron chi connectivity index (χ0n) is 9.95. The van der Waals surface area contributed by atoms with Gasteiger partial charge in [-0.3, -0.25) is 4.79 Å². The first kappa shape index (κ1) is 12.6. The maximum Gasteiger partial charge on any atom is 0.239 e. The molecule has 1 aliphatic rings. The summed E-state index contributed by atoms with van der Waals surface area (Å²) in [4.78, 5) is 13.9. The predicted molar refractivity (Wildman–Crippen MR) is 71.6 cm³/mol. The Morgan fingerprint density at radius 1 is 1.53 bits per heavy atom. The summed E-state index contributed by atoms with van der Waals surface area (Å²) in [5, 5.41) is 3.23. The van der Waals surface area contributed by atoms with E-state index in [4.69, 9.17) is 0 Å². The van der Waals surface area contributed by atoms with Crippen LogP contribution in [0.5, 0.6) is 0 Å². The minimum Gasteiger partial charge on any atom is -0.340 e. The Hall–Kier alpha value is -0.870. The molecule has 1 heterocycles. The van der Waals surface area contributed by atoms with Crippen molar-refractivity contribution in [2.45, 2.75) is 25.4 Å². The molecule has 0 spiro atoms. The van der Waals surface area contributed by atoms with Gasteiger partial charge in [-0.25, -0.2) is 0 Å². The highest BCUT2D eigenvalue weighted by molar-refractivity contribution is 9.10. The molecule has 1 aromatic carbocycles. The molecule has 0 saturated carbocycles. The van der Waals surface area contributed by atoms with Crippen molar-refractivity contribution in [3.63, 3.8) is 0 Å². The molecule has 1 fully saturated rings. The number of likely N-dealkylation sites (N-methyl/N-ethyl adjacent to an activating group) is 1. The van der Waals surface area contributed by atoms with Gasteiger partial charge in [-0.15, -0.1) is 0 Å². The molecule has 0 aromatic heterocycles. The average Bonchev–Trinajstić information content (AvgIpc) is 2.84. The third kappa shape index (κ3) is 3.07. The van der Waals surface area contributed by atoms with Gasteiger partial charge in [0.15, 0.2) is 0 Å². The van der Waals surface area contributed by atoms with Gasteiger partial charge in [0.2, 0.25) is 5.91 Å². The summed E-state index contributed by atoms with van der Waals surface area (Å²) in [6.07, 6.45) is 2.05. The molecule has 1 saturated heterocycles. The number of halogens is 1. The Morgan fingerprint density at radius 2 is 2.29 bits per heavy atom. The third-order valence-corrected chi connectivity index (χ3v) is 3.87. The average molecular weight is 297 g/mol. The lowest BCUT2D eigenvalue weighted by molar-refractivity contribution is -0.132. The summed E-state index contributed by atoms with van der Waals surface area (Å²) in [6.45, 7) is 1.61. The molecule has 92 valence electrons. The van der Waals surface area contributed by atoms with E-state index >= 15 is 0 Å². The Morgan fingerprint density at radius 3 is 2.94 bits per heavy atom. The molecular formula is C13H17BrN2O. The number of hydrogen-bond donors (Lipinski definition) is 1. The van der Waals surface area contributed by atoms with Crippen molar-refractivity contribution in [3.05, 3.63) is 34.3 Å². The largest absolute Gasteiger partial charge is 0.340 e. The number of carbonyl (C=O) groups is 1. The number of nitrogens with one attached hydrogen (secondary N) is 1. The number of carbonyl (C=O) groups excluding carboxylic acids is 1. The van der Waals surface area contributed by atoms with Crippen LogP contribution in [0.25, 0.3) is 0 Å². The minimum absolute atomic E-state index is 0.0162. The van der Waals surface area contributed by atoms with Gasteiger partial charge < -0.3 is 10.2 Å². The molecule has 1 atom stereocenters. The fourth-order valence-corrected chi connectivity index (χ4v) is 2.53. The van der Waals surface area contributed by atoms with Crippen molar-refractivity contribution in [3.8, 4) is 0 Å². The van der Waals surface area contributed by atoms with E-state index in [1.807, 2.05) is 31.3 Å². The van der Waals surface area contributed by atoms with Crippen molar-refractivity contribution >= 4 is 21.8 Å². The first-order chi connectivity index (χ1) is 8.18. The predicted octanol–water partition coefficient (Wildman–Crippen LogP) is 2.16. The van der Waals surface area contributed by atoms with Crippen molar-refractivity contribution in [1.29, 1.82) is 0 Å². The monoisotopic (exact) mass is 296 g/mol. The molecule has 4 heteroatoms. The van der Waals surface area contributed by atoms with Gasteiger partial charge in [-0.05, 0) is 31.0 Å². The number of benzene rings is 1. The Balaban J connectivity index is 1.99. The zero-order chi connectivity index (χ0) is 12.3. The topological polar surface area (TPSA) is 32.3 Å². The second kappa shape index (κ2) is 5.65. The second-order valence-electron chi connectivity index (χ2n) is 4.43. The van der Waals surface area contributed by atoms with Gasteiger partial charge in [0.1, 0.15) is 0 Å². The van der Waals surface area contributed by atoms with Crippen LogP contribution in [0.15, 0.2) is 28.7 Å². The first-order valence-electron chi connectivity index (χ1n) is 5.90. The molecule has 1 amide bonds. The van der Waals surface area contributed by atoms with Gasteiger partial charge in [0.05, 0.1) is 6.04 Å². The van der Waals surface area contributed by atoms with Gasteiger partial charge in [-0.2, -0.15) is 0 Å². The van der Waals surface area contributed by atoms with Gasteiger partial charge in [0, 0.05) is 18.1 Å². The van der Waals surface area contributed by atoms with Gasteiger partial charge in [0.25, 0.3) is 0 Å². The van der Waals surface area contributed by atoms with E-state index in [-0.39, 0.29) is 11.9 Å². The zero-order valence-corrected chi connectivity index (χ0v) is 11.5. The van der Waals surface area contributed by atoms with E-state index in [1.165, 1.54) is 0 Å². The molecule has 1 N–H and O–H groups in total. The maximum absolute atomic E-state index is 12.1. The van der Waals surface area contributed by atoms with Crippen molar-refractivity contribution in [1.82, 2.24) is 10.2 Å². The van der Waals surface area contributed by atoms with Gasteiger partial charge >= 0.3 is 0 Å². The molecule has 0 bridgehead atoms. The lowest BCUT2D eigenvalue weighted by atomic mass is 10.1. The van der Waals surface area contributed by atoms with Crippen LogP contribution in [0.4, 0.5) is 0 Å². The van der Waals surface area contributed by atoms with Crippen LogP contribution >= 0.6 is 15.9 Å². The van der Waals surface area contributed by atoms with Crippen LogP contribution in [-0.4, -0.2) is 30.4 Å². The number of hydrogen-bond acceptors (Lipinski definition) is 2. The van der Waals surface area contributed by atoms with Crippen molar-refractivity contribution in [2.75, 3.05) is 13.6 Å². The van der Waals surface area contributed by atoms with Crippen molar-refractivity contribution in [2.24, 2.45) is 0 Å². The Bertz CT molecular complexity index is 402. The van der Waals surface area contributed by atoms with E-state index in [2.05, 4.69) is 21.2 Å². The molecule has 17 heavy (non-hydrogen) atoms. The highest BCUT2D eigenvalue weighted by Crippen LogP contribution is 2.18. The third-order valence-electron chi connectivity index (χ3n) is 3.10. The van der Waals surface area contributed by atoms with Crippen LogP contribution in [-0.2, 0) is 11.3 Å². The van der Waals surface area contributed by atoms with E-state index in [9.17, 15) is 4.79 Å². The molecule has 3 nitrogen and oxygen atoms in total. The number of nitrogens with zero attached hydrogens (tertiary/aromatic N) is 1. The number of rotatable bonds is 3. The van der Waals surface area contributed by atoms with E-state index in [0.717, 1.165) is 29.4 Å². The number of amides is 1. The first-order valence-corrected chi connectivity index (χ1v) is 6.69. The highest BCUT2D eigenvalue weighted by Gasteiger charge is 2.24. The van der Waals surface area contributed by atoms with Crippen LogP contribution in [0, 0.1) is 0 Å². The summed E-state index contributed by atoms with van der Waals surface area (Å²) in [7, 11) is 1.86. The lowest BCUT2D eigenvalue weighted by Gasteiger charge is -2.21. The molecule has 0 unspecified atom stereocenters. The molecule has 1 aromatic rings. The van der Waals surface area contributed by atoms with Crippen LogP contribution in [0.1, 0.15) is 18.4 Å². The van der Waals surface area contributed by atoms with E-state index < -0.39 is 0 Å². The van der Waals surface area contributed by atoms with Crippen LogP contribution in [0.3, 0.4) is 0 Å². The summed E-state index contributed by atoms with van der Waals surface area (Å²) >= 11 is 3.50. The molecule has 2 rings (SSSR count). The van der Waals surface area contributed by atoms with E-state index in [0.29, 0.717) is 6.54 Å². The smallest absolute Gasteiger partial charge is 0.239 e. The lowest BCUT2D eigenvalue weighted by Crippen LogP contribution is -2.41. The minimum atomic E-state index is 0.0162. The summed E-state index contributed by atoms with van der Waals surface area (Å²) in [6, 6.07) is 8.03. The summed E-state index contributed by atoms with van der Waals surface area (Å²) in [5.74, 6) is 0.193. The Labute approximate surface area is 110 Å². The maximum atomic E-state index is 12.1. The van der Waals surface area contributed by atoms with Crippen molar-refractivity contribution < 1.29 is 4.79 Å². The fraction of sp³-hybridized carbons (Fsp3) is 0.462. The standard InChI is InChI=1S/C13H17BrN2O/c1-16(13(17)12-7-4-8-15-12)9-10-5-2-3-6-11(10)14/h2-3,5-6,12,15H,4,7-9H2,1H3/t12-/m0/s1. The molecule has 1 aliphatic heterocycles. The van der Waals surface area contributed by atoms with E-state index in [1.54, 1.807) is 4.90 Å².